The number of nitrogens with zero attached hydrogens (tertiary/aromatic N) is 2. The van der Waals surface area contributed by atoms with Gasteiger partial charge in [0.2, 0.25) is 5.91 Å². The minimum absolute atomic E-state index is 0.235. The first-order chi connectivity index (χ1) is 16.2. The fraction of sp³-hybridized carbons (Fsp3) is 0.407. The Morgan fingerprint density at radius 1 is 1.12 bits per heavy atom. The third-order valence-corrected chi connectivity index (χ3v) is 5.61. The van der Waals surface area contributed by atoms with Gasteiger partial charge >= 0.3 is 0 Å². The number of guanidine groups is 1. The van der Waals surface area contributed by atoms with Gasteiger partial charge in [-0.25, -0.2) is 0 Å². The van der Waals surface area contributed by atoms with Crippen LogP contribution in [0, 0.1) is 18.3 Å². The minimum atomic E-state index is 0.235. The van der Waals surface area contributed by atoms with Crippen LogP contribution in [0.25, 0.3) is 0 Å². The number of hydrogen-bond donors (Lipinski definition) is 2. The van der Waals surface area contributed by atoms with E-state index in [9.17, 15) is 4.79 Å². The summed E-state index contributed by atoms with van der Waals surface area (Å²) in [6.07, 6.45) is 7.56. The number of benzene rings is 2. The van der Waals surface area contributed by atoms with Gasteiger partial charge in [0.1, 0.15) is 12.4 Å². The fourth-order valence-electron chi connectivity index (χ4n) is 3.87. The molecular weight excluding hydrogens is 412 g/mol. The first kappa shape index (κ1) is 24.2. The Balaban J connectivity index is 1.42. The van der Waals surface area contributed by atoms with E-state index >= 15 is 0 Å². The van der Waals surface area contributed by atoms with Gasteiger partial charge in [-0.15, -0.1) is 6.42 Å². The summed E-state index contributed by atoms with van der Waals surface area (Å²) in [5, 5.41) is 6.69. The molecule has 0 aromatic heterocycles. The molecule has 1 atom stereocenters. The maximum absolute atomic E-state index is 12.4. The Kier molecular flexibility index (Phi) is 9.65. The maximum Gasteiger partial charge on any atom is 0.223 e. The van der Waals surface area contributed by atoms with Crippen molar-refractivity contribution in [3.05, 3.63) is 65.7 Å². The molecule has 0 aliphatic carbocycles. The molecule has 0 bridgehead atoms. The standard InChI is InChI=1S/C27H34N4O2/c1-3-18-33-25-12-10-23(11-13-25)14-16-29-27(28-4-2)30-20-24-19-26(32)31(21-24)17-15-22-8-6-5-7-9-22/h1,5-13,24H,4,14-21H2,2H3,(H2,28,29,30). The van der Waals surface area contributed by atoms with Crippen molar-refractivity contribution in [3.63, 3.8) is 0 Å². The average Bonchev–Trinajstić information content (AvgIpc) is 3.20. The van der Waals surface area contributed by atoms with E-state index in [1.165, 1.54) is 11.1 Å². The van der Waals surface area contributed by atoms with Crippen LogP contribution in [-0.4, -0.2) is 56.1 Å². The number of carbonyl (C=O) groups excluding carboxylic acids is 1. The first-order valence-electron chi connectivity index (χ1n) is 11.7. The number of rotatable bonds is 11. The normalized spacial score (nSPS) is 15.9. The molecule has 1 fully saturated rings. The molecule has 0 saturated carbocycles. The summed E-state index contributed by atoms with van der Waals surface area (Å²) in [7, 11) is 0. The molecule has 1 saturated heterocycles. The molecule has 174 valence electrons. The van der Waals surface area contributed by atoms with E-state index in [4.69, 9.17) is 16.2 Å². The molecule has 1 heterocycles. The van der Waals surface area contributed by atoms with E-state index in [1.807, 2.05) is 47.4 Å². The van der Waals surface area contributed by atoms with Gasteiger partial charge < -0.3 is 20.3 Å². The lowest BCUT2D eigenvalue weighted by atomic mass is 10.1. The fourth-order valence-corrected chi connectivity index (χ4v) is 3.87. The van der Waals surface area contributed by atoms with Crippen molar-refractivity contribution in [2.75, 3.05) is 39.3 Å². The van der Waals surface area contributed by atoms with Gasteiger partial charge in [0.25, 0.3) is 0 Å². The van der Waals surface area contributed by atoms with Crippen molar-refractivity contribution >= 4 is 11.9 Å². The second-order valence-electron chi connectivity index (χ2n) is 8.18. The second-order valence-corrected chi connectivity index (χ2v) is 8.18. The number of amides is 1. The number of terminal acetylenes is 1. The first-order valence-corrected chi connectivity index (χ1v) is 11.7. The summed E-state index contributed by atoms with van der Waals surface area (Å²) in [5.74, 6) is 4.54. The molecule has 3 rings (SSSR count). The van der Waals surface area contributed by atoms with Crippen LogP contribution in [0.2, 0.25) is 0 Å². The molecule has 1 aliphatic heterocycles. The van der Waals surface area contributed by atoms with Crippen molar-refractivity contribution in [3.8, 4) is 18.1 Å². The van der Waals surface area contributed by atoms with Crippen molar-refractivity contribution in [1.29, 1.82) is 0 Å². The predicted octanol–water partition coefficient (Wildman–Crippen LogP) is 2.89. The highest BCUT2D eigenvalue weighted by Gasteiger charge is 2.28. The Labute approximate surface area is 197 Å². The topological polar surface area (TPSA) is 66.0 Å². The summed E-state index contributed by atoms with van der Waals surface area (Å²) in [5.41, 5.74) is 2.47. The van der Waals surface area contributed by atoms with Crippen LogP contribution in [0.15, 0.2) is 59.6 Å². The van der Waals surface area contributed by atoms with Crippen molar-refractivity contribution < 1.29 is 9.53 Å². The number of likely N-dealkylation sites (tertiary alicyclic amines) is 1. The molecule has 0 spiro atoms. The monoisotopic (exact) mass is 446 g/mol. The summed E-state index contributed by atoms with van der Waals surface area (Å²) in [6, 6.07) is 18.3. The third-order valence-electron chi connectivity index (χ3n) is 5.61. The molecule has 1 aliphatic rings. The number of ether oxygens (including phenoxy) is 1. The molecule has 2 aromatic rings. The highest BCUT2D eigenvalue weighted by molar-refractivity contribution is 5.80. The second kappa shape index (κ2) is 13.2. The van der Waals surface area contributed by atoms with Crippen LogP contribution in [0.4, 0.5) is 0 Å². The Morgan fingerprint density at radius 3 is 2.61 bits per heavy atom. The summed E-state index contributed by atoms with van der Waals surface area (Å²) in [4.78, 5) is 19.1. The number of aliphatic imine (C=N–C) groups is 1. The molecule has 6 nitrogen and oxygen atoms in total. The highest BCUT2D eigenvalue weighted by Crippen LogP contribution is 2.18. The average molecular weight is 447 g/mol. The Bertz CT molecular complexity index is 935. The maximum atomic E-state index is 12.4. The lowest BCUT2D eigenvalue weighted by Gasteiger charge is -2.16. The molecule has 1 amide bonds. The van der Waals surface area contributed by atoms with Gasteiger partial charge in [0.05, 0.1) is 0 Å². The summed E-state index contributed by atoms with van der Waals surface area (Å²) >= 11 is 0. The van der Waals surface area contributed by atoms with E-state index in [2.05, 4.69) is 35.6 Å². The SMILES string of the molecule is C#CCOc1ccc(CCNC(=NCC2CC(=O)N(CCc3ccccc3)C2)NCC)cc1. The lowest BCUT2D eigenvalue weighted by molar-refractivity contribution is -0.127. The minimum Gasteiger partial charge on any atom is -0.481 e. The van der Waals surface area contributed by atoms with Crippen LogP contribution in [0.3, 0.4) is 0 Å². The molecule has 33 heavy (non-hydrogen) atoms. The van der Waals surface area contributed by atoms with Gasteiger partial charge in [-0.05, 0) is 43.0 Å². The smallest absolute Gasteiger partial charge is 0.223 e. The van der Waals surface area contributed by atoms with E-state index in [0.717, 1.165) is 50.7 Å². The molecule has 1 unspecified atom stereocenters. The van der Waals surface area contributed by atoms with Crippen LogP contribution < -0.4 is 15.4 Å². The molecule has 6 heteroatoms. The summed E-state index contributed by atoms with van der Waals surface area (Å²) < 4.78 is 5.41. The highest BCUT2D eigenvalue weighted by atomic mass is 16.5. The van der Waals surface area contributed by atoms with E-state index in [0.29, 0.717) is 13.0 Å². The number of carbonyl (C=O) groups is 1. The van der Waals surface area contributed by atoms with Crippen molar-refractivity contribution in [2.24, 2.45) is 10.9 Å². The zero-order valence-corrected chi connectivity index (χ0v) is 19.4. The molecular formula is C27H34N4O2. The van der Waals surface area contributed by atoms with Crippen LogP contribution in [0.1, 0.15) is 24.5 Å². The predicted molar refractivity (Wildman–Crippen MR) is 133 cm³/mol. The van der Waals surface area contributed by atoms with Gasteiger partial charge in [0.15, 0.2) is 5.96 Å². The lowest BCUT2D eigenvalue weighted by Crippen LogP contribution is -2.38. The third kappa shape index (κ3) is 8.19. The zero-order chi connectivity index (χ0) is 23.3. The molecule has 2 aromatic carbocycles. The van der Waals surface area contributed by atoms with Gasteiger partial charge in [-0.3, -0.25) is 9.79 Å². The quantitative estimate of drug-likeness (QED) is 0.317. The van der Waals surface area contributed by atoms with Crippen LogP contribution in [-0.2, 0) is 17.6 Å². The number of hydrogen-bond acceptors (Lipinski definition) is 3. The largest absolute Gasteiger partial charge is 0.481 e. The van der Waals surface area contributed by atoms with Crippen LogP contribution in [0.5, 0.6) is 5.75 Å². The molecule has 0 radical (unpaired) electrons. The van der Waals surface area contributed by atoms with Gasteiger partial charge in [0, 0.05) is 45.1 Å². The van der Waals surface area contributed by atoms with E-state index in [1.54, 1.807) is 0 Å². The van der Waals surface area contributed by atoms with E-state index < -0.39 is 0 Å². The van der Waals surface area contributed by atoms with Gasteiger partial charge in [-0.1, -0.05) is 48.4 Å². The zero-order valence-electron chi connectivity index (χ0n) is 19.4. The van der Waals surface area contributed by atoms with Crippen molar-refractivity contribution in [1.82, 2.24) is 15.5 Å². The van der Waals surface area contributed by atoms with Crippen LogP contribution >= 0.6 is 0 Å². The summed E-state index contributed by atoms with van der Waals surface area (Å²) in [6.45, 7) is 6.08. The number of nitrogens with one attached hydrogen (secondary N) is 2. The van der Waals surface area contributed by atoms with Gasteiger partial charge in [-0.2, -0.15) is 0 Å². The Morgan fingerprint density at radius 2 is 1.88 bits per heavy atom. The van der Waals surface area contributed by atoms with E-state index in [-0.39, 0.29) is 18.4 Å². The van der Waals surface area contributed by atoms with Crippen molar-refractivity contribution in [2.45, 2.75) is 26.2 Å². The molecule has 2 N–H and O–H groups in total. The Hall–Kier alpha value is -3.46.